The lowest BCUT2D eigenvalue weighted by Crippen LogP contribution is -2.12. The number of rotatable bonds is 3. The predicted molar refractivity (Wildman–Crippen MR) is 70.7 cm³/mol. The van der Waals surface area contributed by atoms with Crippen molar-refractivity contribution >= 4 is 29.1 Å². The number of nitrogens with zero attached hydrogens (tertiary/aromatic N) is 2. The number of benzene rings is 1. The molecule has 0 aliphatic heterocycles. The van der Waals surface area contributed by atoms with Crippen molar-refractivity contribution in [1.29, 1.82) is 0 Å². The number of aromatic carboxylic acids is 1. The molecule has 19 heavy (non-hydrogen) atoms. The van der Waals surface area contributed by atoms with Crippen molar-refractivity contribution in [3.63, 3.8) is 0 Å². The summed E-state index contributed by atoms with van der Waals surface area (Å²) in [6, 6.07) is 8.52. The smallest absolute Gasteiger partial charge is 0.335 e. The van der Waals surface area contributed by atoms with Gasteiger partial charge in [0.1, 0.15) is 16.8 Å². The van der Waals surface area contributed by atoms with Gasteiger partial charge in [0.15, 0.2) is 0 Å². The van der Waals surface area contributed by atoms with Crippen LogP contribution >= 0.6 is 11.6 Å². The first kappa shape index (κ1) is 13.3. The molecule has 98 valence electrons. The lowest BCUT2D eigenvalue weighted by atomic mass is 10.2. The molecule has 6 heteroatoms. The predicted octanol–water partition coefficient (Wildman–Crippen LogP) is 3.34. The van der Waals surface area contributed by atoms with Gasteiger partial charge in [-0.25, -0.2) is 14.2 Å². The van der Waals surface area contributed by atoms with Gasteiger partial charge in [0.25, 0.3) is 0 Å². The van der Waals surface area contributed by atoms with E-state index in [1.54, 1.807) is 24.1 Å². The van der Waals surface area contributed by atoms with Crippen molar-refractivity contribution in [3.05, 3.63) is 52.9 Å². The highest BCUT2D eigenvalue weighted by atomic mass is 35.5. The molecule has 0 amide bonds. The molecule has 0 aliphatic carbocycles. The van der Waals surface area contributed by atoms with E-state index in [1.165, 1.54) is 24.3 Å². The van der Waals surface area contributed by atoms with Gasteiger partial charge in [-0.3, -0.25) is 0 Å². The number of aromatic nitrogens is 1. The highest BCUT2D eigenvalue weighted by molar-refractivity contribution is 6.29. The minimum Gasteiger partial charge on any atom is -0.478 e. The zero-order valence-electron chi connectivity index (χ0n) is 9.97. The van der Waals surface area contributed by atoms with Gasteiger partial charge in [-0.2, -0.15) is 0 Å². The van der Waals surface area contributed by atoms with Crippen LogP contribution in [-0.4, -0.2) is 23.1 Å². The second-order valence-electron chi connectivity index (χ2n) is 3.88. The Balaban J connectivity index is 2.43. The van der Waals surface area contributed by atoms with E-state index >= 15 is 0 Å². The molecule has 2 rings (SSSR count). The van der Waals surface area contributed by atoms with Crippen molar-refractivity contribution < 1.29 is 14.3 Å². The first-order chi connectivity index (χ1) is 8.97. The van der Waals surface area contributed by atoms with Crippen LogP contribution in [0.1, 0.15) is 10.4 Å². The summed E-state index contributed by atoms with van der Waals surface area (Å²) in [6.07, 6.45) is 0. The maximum absolute atomic E-state index is 13.2. The summed E-state index contributed by atoms with van der Waals surface area (Å²) in [5, 5.41) is 9.03. The molecule has 0 radical (unpaired) electrons. The Labute approximate surface area is 114 Å². The molecular formula is C13H10ClFN2O2. The number of pyridine rings is 1. The molecule has 0 unspecified atom stereocenters. The lowest BCUT2D eigenvalue weighted by Gasteiger charge is -2.18. The lowest BCUT2D eigenvalue weighted by molar-refractivity contribution is 0.0697. The third-order valence-corrected chi connectivity index (χ3v) is 2.76. The molecule has 2 aromatic rings. The minimum absolute atomic E-state index is 0.0262. The maximum Gasteiger partial charge on any atom is 0.335 e. The van der Waals surface area contributed by atoms with Gasteiger partial charge in [-0.15, -0.1) is 0 Å². The number of halogens is 2. The number of hydrogen-bond acceptors (Lipinski definition) is 3. The van der Waals surface area contributed by atoms with Gasteiger partial charge >= 0.3 is 5.97 Å². The summed E-state index contributed by atoms with van der Waals surface area (Å²) in [6.45, 7) is 0. The van der Waals surface area contributed by atoms with E-state index in [0.29, 0.717) is 11.5 Å². The largest absolute Gasteiger partial charge is 0.478 e. The summed E-state index contributed by atoms with van der Waals surface area (Å²) in [4.78, 5) is 16.5. The van der Waals surface area contributed by atoms with E-state index in [1.807, 2.05) is 0 Å². The molecule has 0 saturated carbocycles. The van der Waals surface area contributed by atoms with E-state index in [2.05, 4.69) is 4.98 Å². The van der Waals surface area contributed by atoms with Crippen molar-refractivity contribution in [1.82, 2.24) is 4.98 Å². The maximum atomic E-state index is 13.2. The average Bonchev–Trinajstić information content (AvgIpc) is 2.37. The summed E-state index contributed by atoms with van der Waals surface area (Å²) in [5.41, 5.74) is 0.573. The van der Waals surface area contributed by atoms with E-state index in [9.17, 15) is 9.18 Å². The topological polar surface area (TPSA) is 53.4 Å². The van der Waals surface area contributed by atoms with Crippen LogP contribution in [0, 0.1) is 5.82 Å². The molecule has 0 fully saturated rings. The molecule has 0 bridgehead atoms. The summed E-state index contributed by atoms with van der Waals surface area (Å²) in [5.74, 6) is -1.15. The van der Waals surface area contributed by atoms with Crippen molar-refractivity contribution in [2.24, 2.45) is 0 Å². The first-order valence-corrected chi connectivity index (χ1v) is 5.75. The van der Waals surface area contributed by atoms with Crippen LogP contribution in [0.2, 0.25) is 5.15 Å². The number of anilines is 2. The highest BCUT2D eigenvalue weighted by Crippen LogP contribution is 2.25. The fraction of sp³-hybridized carbons (Fsp3) is 0.0769. The molecule has 1 aromatic heterocycles. The molecule has 0 spiro atoms. The molecule has 1 aromatic carbocycles. The van der Waals surface area contributed by atoms with Gasteiger partial charge in [-0.05, 0) is 30.3 Å². The Morgan fingerprint density at radius 3 is 2.74 bits per heavy atom. The van der Waals surface area contributed by atoms with Crippen LogP contribution in [0.5, 0.6) is 0 Å². The Kier molecular flexibility index (Phi) is 3.66. The molecule has 0 aliphatic rings. The van der Waals surface area contributed by atoms with E-state index in [4.69, 9.17) is 16.7 Å². The Bertz CT molecular complexity index is 634. The summed E-state index contributed by atoms with van der Waals surface area (Å²) >= 11 is 5.78. The van der Waals surface area contributed by atoms with E-state index in [-0.39, 0.29) is 16.5 Å². The standard InChI is InChI=1S/C13H10ClFN2O2/c1-17(10-4-2-3-9(15)7-10)12-6-8(13(18)19)5-11(14)16-12/h2-7H,1H3,(H,18,19). The number of carboxylic acid groups (broad SMARTS) is 1. The third kappa shape index (κ3) is 3.00. The van der Waals surface area contributed by atoms with Gasteiger partial charge in [-0.1, -0.05) is 17.7 Å². The normalized spacial score (nSPS) is 10.3. The second-order valence-corrected chi connectivity index (χ2v) is 4.27. The molecular weight excluding hydrogens is 271 g/mol. The van der Waals surface area contributed by atoms with Crippen LogP contribution in [-0.2, 0) is 0 Å². The van der Waals surface area contributed by atoms with Crippen LogP contribution in [0.3, 0.4) is 0 Å². The van der Waals surface area contributed by atoms with Crippen LogP contribution in [0.4, 0.5) is 15.9 Å². The average molecular weight is 281 g/mol. The number of carbonyl (C=O) groups is 1. The quantitative estimate of drug-likeness (QED) is 0.876. The van der Waals surface area contributed by atoms with E-state index in [0.717, 1.165) is 0 Å². The number of carboxylic acids is 1. The highest BCUT2D eigenvalue weighted by Gasteiger charge is 2.12. The minimum atomic E-state index is -1.10. The van der Waals surface area contributed by atoms with Crippen LogP contribution in [0.25, 0.3) is 0 Å². The van der Waals surface area contributed by atoms with Crippen LogP contribution in [0.15, 0.2) is 36.4 Å². The third-order valence-electron chi connectivity index (χ3n) is 2.57. The van der Waals surface area contributed by atoms with Gasteiger partial charge in [0.2, 0.25) is 0 Å². The van der Waals surface area contributed by atoms with Crippen molar-refractivity contribution in [2.75, 3.05) is 11.9 Å². The Morgan fingerprint density at radius 2 is 2.11 bits per heavy atom. The first-order valence-electron chi connectivity index (χ1n) is 5.37. The SMILES string of the molecule is CN(c1cccc(F)c1)c1cc(C(=O)O)cc(Cl)n1. The second kappa shape index (κ2) is 5.24. The molecule has 0 saturated heterocycles. The Hall–Kier alpha value is -2.14. The molecule has 1 N–H and O–H groups in total. The zero-order chi connectivity index (χ0) is 14.0. The molecule has 0 atom stereocenters. The summed E-state index contributed by atoms with van der Waals surface area (Å²) in [7, 11) is 1.65. The van der Waals surface area contributed by atoms with Crippen molar-refractivity contribution in [3.8, 4) is 0 Å². The fourth-order valence-corrected chi connectivity index (χ4v) is 1.80. The monoisotopic (exact) mass is 280 g/mol. The van der Waals surface area contributed by atoms with Gasteiger partial charge < -0.3 is 10.0 Å². The molecule has 1 heterocycles. The van der Waals surface area contributed by atoms with Crippen molar-refractivity contribution in [2.45, 2.75) is 0 Å². The molecule has 4 nitrogen and oxygen atoms in total. The van der Waals surface area contributed by atoms with Crippen LogP contribution < -0.4 is 4.90 Å². The van der Waals surface area contributed by atoms with E-state index < -0.39 is 5.97 Å². The van der Waals surface area contributed by atoms with Gasteiger partial charge in [0.05, 0.1) is 5.56 Å². The van der Waals surface area contributed by atoms with Gasteiger partial charge in [0, 0.05) is 12.7 Å². The fourth-order valence-electron chi connectivity index (χ4n) is 1.60. The Morgan fingerprint density at radius 1 is 1.37 bits per heavy atom. The zero-order valence-corrected chi connectivity index (χ0v) is 10.7. The number of hydrogen-bond donors (Lipinski definition) is 1. The summed E-state index contributed by atoms with van der Waals surface area (Å²) < 4.78 is 13.2.